The van der Waals surface area contributed by atoms with Crippen molar-refractivity contribution in [2.24, 2.45) is 0 Å². The maximum absolute atomic E-state index is 5.84. The van der Waals surface area contributed by atoms with Crippen molar-refractivity contribution >= 4 is 0 Å². The van der Waals surface area contributed by atoms with Crippen LogP contribution in [-0.4, -0.2) is 49.6 Å². The quantitative estimate of drug-likeness (QED) is 0.798. The number of nitrogens with one attached hydrogen (secondary N) is 1. The first-order chi connectivity index (χ1) is 9.97. The summed E-state index contributed by atoms with van der Waals surface area (Å²) < 4.78 is 5.84. The van der Waals surface area contributed by atoms with E-state index in [0.29, 0.717) is 5.54 Å². The minimum atomic E-state index is 0.388. The molecule has 1 aliphatic rings. The standard InChI is InChI=1S/C17H31N3O/c1-6-18-11-16-10-15(14(2)21-16)12-20(5)13-17(19(3)4)8-7-9-17/h10,18H,6-9,11-13H2,1-5H3. The topological polar surface area (TPSA) is 31.6 Å². The Balaban J connectivity index is 1.93. The van der Waals surface area contributed by atoms with Gasteiger partial charge >= 0.3 is 0 Å². The minimum absolute atomic E-state index is 0.388. The molecule has 120 valence electrons. The molecular weight excluding hydrogens is 262 g/mol. The highest BCUT2D eigenvalue weighted by molar-refractivity contribution is 5.21. The van der Waals surface area contributed by atoms with Crippen molar-refractivity contribution in [1.82, 2.24) is 15.1 Å². The number of aryl methyl sites for hydroxylation is 1. The zero-order valence-electron chi connectivity index (χ0n) is 14.3. The van der Waals surface area contributed by atoms with Gasteiger partial charge in [0, 0.05) is 24.2 Å². The van der Waals surface area contributed by atoms with Crippen LogP contribution in [0.2, 0.25) is 0 Å². The third kappa shape index (κ3) is 3.87. The number of rotatable bonds is 8. The Morgan fingerprint density at radius 1 is 1.29 bits per heavy atom. The number of nitrogens with zero attached hydrogens (tertiary/aromatic N) is 2. The number of furan rings is 1. The van der Waals surface area contributed by atoms with Gasteiger partial charge in [0.05, 0.1) is 6.54 Å². The SMILES string of the molecule is CCNCc1cc(CN(C)CC2(N(C)C)CCC2)c(C)o1. The van der Waals surface area contributed by atoms with E-state index in [1.165, 1.54) is 24.8 Å². The largest absolute Gasteiger partial charge is 0.465 e. The average molecular weight is 293 g/mol. The predicted octanol–water partition coefficient (Wildman–Crippen LogP) is 2.61. The molecule has 0 aromatic carbocycles. The van der Waals surface area contributed by atoms with Crippen LogP contribution in [0.25, 0.3) is 0 Å². The third-order valence-electron chi connectivity index (χ3n) is 4.86. The molecule has 0 aliphatic heterocycles. The highest BCUT2D eigenvalue weighted by Gasteiger charge is 2.39. The maximum Gasteiger partial charge on any atom is 0.118 e. The Labute approximate surface area is 129 Å². The molecule has 2 rings (SSSR count). The van der Waals surface area contributed by atoms with Crippen molar-refractivity contribution in [1.29, 1.82) is 0 Å². The van der Waals surface area contributed by atoms with E-state index >= 15 is 0 Å². The summed E-state index contributed by atoms with van der Waals surface area (Å²) in [5.41, 5.74) is 1.71. The molecule has 1 aromatic heterocycles. The molecule has 1 fully saturated rings. The van der Waals surface area contributed by atoms with Crippen LogP contribution in [0.1, 0.15) is 43.3 Å². The lowest BCUT2D eigenvalue weighted by Gasteiger charge is -2.49. The molecular formula is C17H31N3O. The molecule has 1 aromatic rings. The van der Waals surface area contributed by atoms with E-state index in [0.717, 1.165) is 37.7 Å². The molecule has 1 N–H and O–H groups in total. The zero-order valence-corrected chi connectivity index (χ0v) is 14.3. The third-order valence-corrected chi connectivity index (χ3v) is 4.86. The van der Waals surface area contributed by atoms with E-state index in [9.17, 15) is 0 Å². The summed E-state index contributed by atoms with van der Waals surface area (Å²) in [7, 11) is 6.65. The Kier molecular flexibility index (Phi) is 5.47. The summed E-state index contributed by atoms with van der Waals surface area (Å²) in [4.78, 5) is 4.85. The van der Waals surface area contributed by atoms with Crippen LogP contribution in [-0.2, 0) is 13.1 Å². The summed E-state index contributed by atoms with van der Waals surface area (Å²) in [5, 5.41) is 3.32. The van der Waals surface area contributed by atoms with Gasteiger partial charge in [-0.15, -0.1) is 0 Å². The van der Waals surface area contributed by atoms with Gasteiger partial charge in [0.2, 0.25) is 0 Å². The summed E-state index contributed by atoms with van der Waals surface area (Å²) in [6, 6.07) is 2.21. The van der Waals surface area contributed by atoms with Gasteiger partial charge in [-0.2, -0.15) is 0 Å². The van der Waals surface area contributed by atoms with Crippen LogP contribution in [0.4, 0.5) is 0 Å². The molecule has 1 saturated carbocycles. The predicted molar refractivity (Wildman–Crippen MR) is 87.4 cm³/mol. The van der Waals surface area contributed by atoms with Crippen molar-refractivity contribution in [3.05, 3.63) is 23.2 Å². The Bertz CT molecular complexity index is 449. The Morgan fingerprint density at radius 2 is 2.00 bits per heavy atom. The van der Waals surface area contributed by atoms with Crippen molar-refractivity contribution in [2.75, 3.05) is 34.2 Å². The number of likely N-dealkylation sites (N-methyl/N-ethyl adjacent to an activating group) is 2. The molecule has 0 radical (unpaired) electrons. The average Bonchev–Trinajstić information content (AvgIpc) is 2.71. The molecule has 4 nitrogen and oxygen atoms in total. The number of hydrogen-bond acceptors (Lipinski definition) is 4. The van der Waals surface area contributed by atoms with Gasteiger partial charge in [0.15, 0.2) is 0 Å². The van der Waals surface area contributed by atoms with Crippen LogP contribution in [0.3, 0.4) is 0 Å². The molecule has 0 amide bonds. The van der Waals surface area contributed by atoms with Crippen LogP contribution >= 0.6 is 0 Å². The highest BCUT2D eigenvalue weighted by Crippen LogP contribution is 2.36. The van der Waals surface area contributed by atoms with Gasteiger partial charge in [0.1, 0.15) is 11.5 Å². The summed E-state index contributed by atoms with van der Waals surface area (Å²) in [6.07, 6.45) is 4.00. The van der Waals surface area contributed by atoms with Gasteiger partial charge in [0.25, 0.3) is 0 Å². The molecule has 0 bridgehead atoms. The normalized spacial score (nSPS) is 17.5. The van der Waals surface area contributed by atoms with Crippen molar-refractivity contribution < 1.29 is 4.42 Å². The zero-order chi connectivity index (χ0) is 15.5. The summed E-state index contributed by atoms with van der Waals surface area (Å²) in [5.74, 6) is 2.10. The van der Waals surface area contributed by atoms with E-state index in [1.807, 2.05) is 0 Å². The minimum Gasteiger partial charge on any atom is -0.465 e. The molecule has 1 heterocycles. The lowest BCUT2D eigenvalue weighted by Crippen LogP contribution is -2.56. The lowest BCUT2D eigenvalue weighted by molar-refractivity contribution is 0.0258. The van der Waals surface area contributed by atoms with Crippen LogP contribution in [0.15, 0.2) is 10.5 Å². The van der Waals surface area contributed by atoms with Crippen molar-refractivity contribution in [2.45, 2.75) is 51.7 Å². The van der Waals surface area contributed by atoms with Gasteiger partial charge in [-0.25, -0.2) is 0 Å². The maximum atomic E-state index is 5.84. The second-order valence-electron chi connectivity index (χ2n) is 6.72. The smallest absolute Gasteiger partial charge is 0.118 e. The van der Waals surface area contributed by atoms with Crippen molar-refractivity contribution in [3.63, 3.8) is 0 Å². The lowest BCUT2D eigenvalue weighted by atomic mass is 9.75. The summed E-state index contributed by atoms with van der Waals surface area (Å²) in [6.45, 7) is 8.08. The van der Waals surface area contributed by atoms with Crippen LogP contribution in [0, 0.1) is 6.92 Å². The van der Waals surface area contributed by atoms with E-state index in [2.05, 4.69) is 56.2 Å². The first kappa shape index (κ1) is 16.5. The molecule has 0 atom stereocenters. The fraction of sp³-hybridized carbons (Fsp3) is 0.765. The second kappa shape index (κ2) is 6.95. The van der Waals surface area contributed by atoms with E-state index in [-0.39, 0.29) is 0 Å². The molecule has 21 heavy (non-hydrogen) atoms. The van der Waals surface area contributed by atoms with Crippen LogP contribution in [0.5, 0.6) is 0 Å². The van der Waals surface area contributed by atoms with Gasteiger partial charge in [-0.3, -0.25) is 0 Å². The molecule has 0 saturated heterocycles. The molecule has 1 aliphatic carbocycles. The van der Waals surface area contributed by atoms with Gasteiger partial charge < -0.3 is 19.5 Å². The molecule has 4 heteroatoms. The van der Waals surface area contributed by atoms with Gasteiger partial charge in [-0.1, -0.05) is 6.92 Å². The van der Waals surface area contributed by atoms with E-state index in [1.54, 1.807) is 0 Å². The summed E-state index contributed by atoms with van der Waals surface area (Å²) >= 11 is 0. The molecule has 0 spiro atoms. The first-order valence-corrected chi connectivity index (χ1v) is 8.12. The van der Waals surface area contributed by atoms with Crippen molar-refractivity contribution in [3.8, 4) is 0 Å². The monoisotopic (exact) mass is 293 g/mol. The Hall–Kier alpha value is -0.840. The first-order valence-electron chi connectivity index (χ1n) is 8.12. The number of hydrogen-bond donors (Lipinski definition) is 1. The fourth-order valence-electron chi connectivity index (χ4n) is 3.26. The van der Waals surface area contributed by atoms with E-state index in [4.69, 9.17) is 4.42 Å². The fourth-order valence-corrected chi connectivity index (χ4v) is 3.26. The van der Waals surface area contributed by atoms with E-state index < -0.39 is 0 Å². The van der Waals surface area contributed by atoms with Gasteiger partial charge in [-0.05, 0) is 59.9 Å². The molecule has 0 unspecified atom stereocenters. The van der Waals surface area contributed by atoms with Crippen LogP contribution < -0.4 is 5.32 Å². The Morgan fingerprint density at radius 3 is 2.52 bits per heavy atom. The second-order valence-corrected chi connectivity index (χ2v) is 6.72. The highest BCUT2D eigenvalue weighted by atomic mass is 16.3.